The molecule has 1 fully saturated rings. The van der Waals surface area contributed by atoms with Gasteiger partial charge in [-0.15, -0.1) is 0 Å². The van der Waals surface area contributed by atoms with Crippen molar-refractivity contribution in [1.29, 1.82) is 0 Å². The summed E-state index contributed by atoms with van der Waals surface area (Å²) < 4.78 is 16.0. The third kappa shape index (κ3) is 4.45. The van der Waals surface area contributed by atoms with Crippen molar-refractivity contribution < 1.29 is 23.8 Å². The Hall–Kier alpha value is -3.22. The lowest BCUT2D eigenvalue weighted by atomic mass is 10.0. The first-order chi connectivity index (χ1) is 13.9. The van der Waals surface area contributed by atoms with Gasteiger partial charge >= 0.3 is 5.97 Å². The van der Waals surface area contributed by atoms with Crippen molar-refractivity contribution in [3.8, 4) is 11.5 Å². The third-order valence-corrected chi connectivity index (χ3v) is 5.21. The highest BCUT2D eigenvalue weighted by atomic mass is 16.5. The van der Waals surface area contributed by atoms with Crippen LogP contribution in [0.1, 0.15) is 40.4 Å². The summed E-state index contributed by atoms with van der Waals surface area (Å²) in [5.41, 5.74) is 8.44. The molecule has 0 saturated carbocycles. The van der Waals surface area contributed by atoms with Gasteiger partial charge in [0.2, 0.25) is 0 Å². The second-order valence-corrected chi connectivity index (χ2v) is 7.00. The number of aryl methyl sites for hydroxylation is 1. The molecule has 0 aliphatic carbocycles. The number of carbonyl (C=O) groups excluding carboxylic acids is 2. The van der Waals surface area contributed by atoms with E-state index in [4.69, 9.17) is 19.9 Å². The topological polar surface area (TPSA) is 91.1 Å². The first-order valence-corrected chi connectivity index (χ1v) is 9.49. The van der Waals surface area contributed by atoms with Crippen molar-refractivity contribution in [1.82, 2.24) is 4.90 Å². The summed E-state index contributed by atoms with van der Waals surface area (Å²) in [6.45, 7) is 2.13. The minimum Gasteiger partial charge on any atom is -0.497 e. The molecule has 0 spiro atoms. The summed E-state index contributed by atoms with van der Waals surface area (Å²) in [4.78, 5) is 26.8. The summed E-state index contributed by atoms with van der Waals surface area (Å²) in [5.74, 6) is 0.580. The molecule has 1 heterocycles. The lowest BCUT2D eigenvalue weighted by Crippen LogP contribution is -2.34. The number of hydrogen-bond acceptors (Lipinski definition) is 6. The molecule has 1 atom stereocenters. The second kappa shape index (κ2) is 8.86. The fourth-order valence-corrected chi connectivity index (χ4v) is 3.55. The number of nitrogens with two attached hydrogens (primary N) is 1. The van der Waals surface area contributed by atoms with Crippen molar-refractivity contribution in [2.24, 2.45) is 0 Å². The number of likely N-dealkylation sites (tertiary alicyclic amines) is 1. The Morgan fingerprint density at radius 1 is 1.14 bits per heavy atom. The molecule has 2 N–H and O–H groups in total. The fourth-order valence-electron chi connectivity index (χ4n) is 3.55. The Morgan fingerprint density at radius 2 is 1.93 bits per heavy atom. The van der Waals surface area contributed by atoms with E-state index in [1.54, 1.807) is 37.3 Å². The van der Waals surface area contributed by atoms with Crippen molar-refractivity contribution in [2.45, 2.75) is 25.8 Å². The predicted molar refractivity (Wildman–Crippen MR) is 109 cm³/mol. The number of esters is 1. The van der Waals surface area contributed by atoms with E-state index in [-0.39, 0.29) is 18.6 Å². The number of anilines is 1. The fraction of sp³-hybridized carbons (Fsp3) is 0.364. The van der Waals surface area contributed by atoms with Gasteiger partial charge in [-0.3, -0.25) is 4.79 Å². The van der Waals surface area contributed by atoms with Gasteiger partial charge in [0.25, 0.3) is 5.91 Å². The van der Waals surface area contributed by atoms with Crippen molar-refractivity contribution in [2.75, 3.05) is 33.1 Å². The molecule has 7 nitrogen and oxygen atoms in total. The SMILES string of the molecule is COc1ccc(OC)c([C@H]2CCCN2C(=O)COC(=O)c2ccc(C)c(N)c2)c1. The number of hydrogen-bond donors (Lipinski definition) is 1. The molecule has 0 radical (unpaired) electrons. The van der Waals surface area contributed by atoms with Crippen molar-refractivity contribution in [3.63, 3.8) is 0 Å². The van der Waals surface area contributed by atoms with Crippen LogP contribution in [0.15, 0.2) is 36.4 Å². The molecular weight excluding hydrogens is 372 g/mol. The van der Waals surface area contributed by atoms with E-state index in [9.17, 15) is 9.59 Å². The van der Waals surface area contributed by atoms with Crippen LogP contribution in [0.5, 0.6) is 11.5 Å². The number of amides is 1. The molecule has 2 aromatic rings. The molecule has 2 aromatic carbocycles. The Labute approximate surface area is 170 Å². The standard InChI is InChI=1S/C22H26N2O5/c1-14-6-7-15(11-18(14)23)22(26)29-13-21(25)24-10-4-5-19(24)17-12-16(27-2)8-9-20(17)28-3/h6-9,11-12,19H,4-5,10,13,23H2,1-3H3/t19-/m1/s1. The number of rotatable bonds is 6. The van der Waals surface area contributed by atoms with Crippen LogP contribution in [0.25, 0.3) is 0 Å². The van der Waals surface area contributed by atoms with Crippen LogP contribution in [0.3, 0.4) is 0 Å². The number of carbonyl (C=O) groups is 2. The minimum atomic E-state index is -0.570. The van der Waals surface area contributed by atoms with E-state index in [0.29, 0.717) is 29.3 Å². The van der Waals surface area contributed by atoms with Crippen LogP contribution in [-0.4, -0.2) is 44.1 Å². The van der Waals surface area contributed by atoms with Gasteiger partial charge in [-0.2, -0.15) is 0 Å². The van der Waals surface area contributed by atoms with Crippen LogP contribution in [0.2, 0.25) is 0 Å². The zero-order valence-electron chi connectivity index (χ0n) is 16.9. The van der Waals surface area contributed by atoms with Crippen LogP contribution in [0, 0.1) is 6.92 Å². The predicted octanol–water partition coefficient (Wildman–Crippen LogP) is 3.11. The van der Waals surface area contributed by atoms with E-state index >= 15 is 0 Å². The first kappa shape index (κ1) is 20.5. The van der Waals surface area contributed by atoms with Crippen molar-refractivity contribution in [3.05, 3.63) is 53.1 Å². The molecule has 1 amide bonds. The summed E-state index contributed by atoms with van der Waals surface area (Å²) in [6, 6.07) is 10.3. The van der Waals surface area contributed by atoms with E-state index in [1.807, 2.05) is 25.1 Å². The molecule has 1 aliphatic heterocycles. The van der Waals surface area contributed by atoms with Gasteiger partial charge in [0.05, 0.1) is 25.8 Å². The zero-order chi connectivity index (χ0) is 21.0. The van der Waals surface area contributed by atoms with E-state index in [2.05, 4.69) is 0 Å². The number of nitrogens with zero attached hydrogens (tertiary/aromatic N) is 1. The van der Waals surface area contributed by atoms with Gasteiger partial charge in [0, 0.05) is 17.8 Å². The number of nitrogen functional groups attached to an aromatic ring is 1. The highest BCUT2D eigenvalue weighted by molar-refractivity contribution is 5.92. The quantitative estimate of drug-likeness (QED) is 0.594. The maximum absolute atomic E-state index is 12.8. The normalized spacial score (nSPS) is 15.8. The smallest absolute Gasteiger partial charge is 0.338 e. The highest BCUT2D eigenvalue weighted by Crippen LogP contribution is 2.38. The largest absolute Gasteiger partial charge is 0.497 e. The maximum atomic E-state index is 12.8. The van der Waals surface area contributed by atoms with Gasteiger partial charge in [-0.05, 0) is 55.7 Å². The average molecular weight is 398 g/mol. The summed E-state index contributed by atoms with van der Waals surface area (Å²) >= 11 is 0. The zero-order valence-corrected chi connectivity index (χ0v) is 16.9. The Kier molecular flexibility index (Phi) is 6.26. The molecule has 7 heteroatoms. The first-order valence-electron chi connectivity index (χ1n) is 9.49. The number of benzene rings is 2. The summed E-state index contributed by atoms with van der Waals surface area (Å²) in [5, 5.41) is 0. The van der Waals surface area contributed by atoms with Crippen LogP contribution < -0.4 is 15.2 Å². The monoisotopic (exact) mass is 398 g/mol. The molecule has 1 aliphatic rings. The van der Waals surface area contributed by atoms with E-state index < -0.39 is 5.97 Å². The number of methoxy groups -OCH3 is 2. The molecule has 29 heavy (non-hydrogen) atoms. The Balaban J connectivity index is 1.70. The average Bonchev–Trinajstić information content (AvgIpc) is 3.23. The highest BCUT2D eigenvalue weighted by Gasteiger charge is 2.32. The van der Waals surface area contributed by atoms with Gasteiger partial charge in [0.15, 0.2) is 6.61 Å². The number of ether oxygens (including phenoxy) is 3. The summed E-state index contributed by atoms with van der Waals surface area (Å²) in [7, 11) is 3.20. The Bertz CT molecular complexity index is 912. The van der Waals surface area contributed by atoms with E-state index in [0.717, 1.165) is 24.0 Å². The van der Waals surface area contributed by atoms with Crippen LogP contribution in [-0.2, 0) is 9.53 Å². The maximum Gasteiger partial charge on any atom is 0.338 e. The van der Waals surface area contributed by atoms with Crippen molar-refractivity contribution >= 4 is 17.6 Å². The molecular formula is C22H26N2O5. The van der Waals surface area contributed by atoms with Gasteiger partial charge < -0.3 is 24.8 Å². The van der Waals surface area contributed by atoms with Crippen LogP contribution in [0.4, 0.5) is 5.69 Å². The second-order valence-electron chi connectivity index (χ2n) is 7.00. The minimum absolute atomic E-state index is 0.152. The van der Waals surface area contributed by atoms with Gasteiger partial charge in [-0.1, -0.05) is 6.07 Å². The Morgan fingerprint density at radius 3 is 2.62 bits per heavy atom. The van der Waals surface area contributed by atoms with Crippen LogP contribution >= 0.6 is 0 Å². The molecule has 0 aromatic heterocycles. The lowest BCUT2D eigenvalue weighted by Gasteiger charge is -2.26. The molecule has 1 saturated heterocycles. The summed E-state index contributed by atoms with van der Waals surface area (Å²) in [6.07, 6.45) is 1.66. The van der Waals surface area contributed by atoms with Gasteiger partial charge in [0.1, 0.15) is 11.5 Å². The molecule has 154 valence electrons. The third-order valence-electron chi connectivity index (χ3n) is 5.21. The van der Waals surface area contributed by atoms with Gasteiger partial charge in [-0.25, -0.2) is 4.79 Å². The lowest BCUT2D eigenvalue weighted by molar-refractivity contribution is -0.135. The molecule has 0 bridgehead atoms. The molecule has 0 unspecified atom stereocenters. The molecule has 3 rings (SSSR count). The van der Waals surface area contributed by atoms with E-state index in [1.165, 1.54) is 0 Å².